The molecule has 1 heterocycles. The lowest BCUT2D eigenvalue weighted by Crippen LogP contribution is -2.16. The molecule has 23 heavy (non-hydrogen) atoms. The minimum absolute atomic E-state index is 0.165. The van der Waals surface area contributed by atoms with E-state index >= 15 is 0 Å². The van der Waals surface area contributed by atoms with Crippen LogP contribution in [-0.2, 0) is 9.53 Å². The largest absolute Gasteiger partial charge is 0.463 e. The van der Waals surface area contributed by atoms with Gasteiger partial charge in [0.1, 0.15) is 11.6 Å². The summed E-state index contributed by atoms with van der Waals surface area (Å²) in [4.78, 5) is 15.4. The van der Waals surface area contributed by atoms with Gasteiger partial charge >= 0.3 is 12.0 Å². The highest BCUT2D eigenvalue weighted by atomic mass is 19.1. The van der Waals surface area contributed by atoms with E-state index in [0.717, 1.165) is 25.0 Å². The number of unbranched alkanes of at least 4 members (excludes halogenated alkanes) is 1. The third-order valence-corrected chi connectivity index (χ3v) is 2.82. The van der Waals surface area contributed by atoms with Gasteiger partial charge in [0.15, 0.2) is 6.61 Å². The van der Waals surface area contributed by atoms with Gasteiger partial charge in [0.2, 0.25) is 5.82 Å². The fourth-order valence-corrected chi connectivity index (χ4v) is 1.68. The second-order valence-electron chi connectivity index (χ2n) is 4.59. The van der Waals surface area contributed by atoms with Gasteiger partial charge in [-0.2, -0.15) is 4.98 Å². The first kappa shape index (κ1) is 16.7. The minimum Gasteiger partial charge on any atom is -0.463 e. The summed E-state index contributed by atoms with van der Waals surface area (Å²) in [5.41, 5.74) is -0.165. The van der Waals surface area contributed by atoms with Gasteiger partial charge in [0.25, 0.3) is 0 Å². The first-order chi connectivity index (χ1) is 11.0. The van der Waals surface area contributed by atoms with Crippen LogP contribution in [-0.4, -0.2) is 39.3 Å². The van der Waals surface area contributed by atoms with E-state index in [1.54, 1.807) is 0 Å². The van der Waals surface area contributed by atoms with Crippen molar-refractivity contribution in [1.29, 1.82) is 0 Å². The predicted octanol–water partition coefficient (Wildman–Crippen LogP) is 2.18. The highest BCUT2D eigenvalue weighted by Crippen LogP contribution is 2.22. The second-order valence-corrected chi connectivity index (χ2v) is 4.59. The molecule has 0 atom stereocenters. The standard InChI is InChI=1S/C14H15F2N3O4/c1-2-3-6-22-12(20)8-23-14-17-13(19(21)18-14)10-5-4-9(15)7-11(10)16/h4-5,7,21H,2-3,6,8H2,1H3. The molecular weight excluding hydrogens is 312 g/mol. The van der Waals surface area contributed by atoms with Gasteiger partial charge in [0.05, 0.1) is 12.2 Å². The van der Waals surface area contributed by atoms with Crippen molar-refractivity contribution in [3.8, 4) is 17.4 Å². The van der Waals surface area contributed by atoms with Crippen molar-refractivity contribution in [2.75, 3.05) is 13.2 Å². The van der Waals surface area contributed by atoms with Crippen molar-refractivity contribution >= 4 is 5.97 Å². The van der Waals surface area contributed by atoms with Crippen molar-refractivity contribution in [3.63, 3.8) is 0 Å². The lowest BCUT2D eigenvalue weighted by Gasteiger charge is -2.03. The van der Waals surface area contributed by atoms with Crippen molar-refractivity contribution in [2.45, 2.75) is 19.8 Å². The Hall–Kier alpha value is -2.71. The molecule has 2 aromatic rings. The number of hydrogen-bond donors (Lipinski definition) is 1. The number of carbonyl (C=O) groups excluding carboxylic acids is 1. The summed E-state index contributed by atoms with van der Waals surface area (Å²) < 4.78 is 36.4. The lowest BCUT2D eigenvalue weighted by molar-refractivity contribution is -0.146. The van der Waals surface area contributed by atoms with Crippen LogP contribution >= 0.6 is 0 Å². The molecule has 0 saturated carbocycles. The zero-order chi connectivity index (χ0) is 16.8. The first-order valence-electron chi connectivity index (χ1n) is 6.91. The maximum atomic E-state index is 13.7. The Morgan fingerprint density at radius 1 is 1.39 bits per heavy atom. The topological polar surface area (TPSA) is 86.5 Å². The number of benzene rings is 1. The summed E-state index contributed by atoms with van der Waals surface area (Å²) in [5, 5.41) is 13.1. The summed E-state index contributed by atoms with van der Waals surface area (Å²) in [6.07, 6.45) is 1.63. The maximum Gasteiger partial charge on any atom is 0.344 e. The second kappa shape index (κ2) is 7.52. The molecule has 124 valence electrons. The molecule has 0 aliphatic rings. The molecule has 0 unspecified atom stereocenters. The molecular formula is C14H15F2N3O4. The number of aromatic nitrogens is 3. The Bertz CT molecular complexity index is 691. The Balaban J connectivity index is 2.02. The van der Waals surface area contributed by atoms with Gasteiger partial charge in [-0.1, -0.05) is 23.3 Å². The summed E-state index contributed by atoms with van der Waals surface area (Å²) in [6, 6.07) is 2.43. The molecule has 0 fully saturated rings. The normalized spacial score (nSPS) is 10.6. The van der Waals surface area contributed by atoms with E-state index in [4.69, 9.17) is 9.47 Å². The van der Waals surface area contributed by atoms with Gasteiger partial charge in [-0.3, -0.25) is 0 Å². The molecule has 9 heteroatoms. The Labute approximate surface area is 130 Å². The van der Waals surface area contributed by atoms with Crippen LogP contribution in [0.3, 0.4) is 0 Å². The quantitative estimate of drug-likeness (QED) is 0.476. The van der Waals surface area contributed by atoms with Crippen LogP contribution in [0.5, 0.6) is 6.01 Å². The van der Waals surface area contributed by atoms with Crippen molar-refractivity contribution in [2.24, 2.45) is 0 Å². The SMILES string of the molecule is CCCCOC(=O)COc1nc(-c2ccc(F)cc2F)n(O)n1. The van der Waals surface area contributed by atoms with E-state index in [9.17, 15) is 18.8 Å². The third-order valence-electron chi connectivity index (χ3n) is 2.82. The molecule has 7 nitrogen and oxygen atoms in total. The van der Waals surface area contributed by atoms with Gasteiger partial charge in [-0.15, -0.1) is 0 Å². The predicted molar refractivity (Wildman–Crippen MR) is 73.9 cm³/mol. The number of ether oxygens (including phenoxy) is 2. The number of halogens is 2. The summed E-state index contributed by atoms with van der Waals surface area (Å²) in [7, 11) is 0. The van der Waals surface area contributed by atoms with E-state index in [-0.39, 0.29) is 28.9 Å². The molecule has 0 saturated heterocycles. The number of nitrogens with zero attached hydrogens (tertiary/aromatic N) is 3. The molecule has 0 bridgehead atoms. The molecule has 0 aliphatic heterocycles. The van der Waals surface area contributed by atoms with Gasteiger partial charge < -0.3 is 14.7 Å². The van der Waals surface area contributed by atoms with Crippen LogP contribution in [0.4, 0.5) is 8.78 Å². The number of carbonyl (C=O) groups is 1. The molecule has 0 aliphatic carbocycles. The summed E-state index contributed by atoms with van der Waals surface area (Å²) >= 11 is 0. The fraction of sp³-hybridized carbons (Fsp3) is 0.357. The molecule has 1 aromatic carbocycles. The van der Waals surface area contributed by atoms with E-state index in [1.165, 1.54) is 0 Å². The van der Waals surface area contributed by atoms with Crippen molar-refractivity contribution in [3.05, 3.63) is 29.8 Å². The van der Waals surface area contributed by atoms with E-state index in [1.807, 2.05) is 6.92 Å². The van der Waals surface area contributed by atoms with Crippen LogP contribution in [0.1, 0.15) is 19.8 Å². The smallest absolute Gasteiger partial charge is 0.344 e. The zero-order valence-electron chi connectivity index (χ0n) is 12.3. The maximum absolute atomic E-state index is 13.7. The Kier molecular flexibility index (Phi) is 5.45. The first-order valence-corrected chi connectivity index (χ1v) is 6.91. The average Bonchev–Trinajstić information content (AvgIpc) is 2.86. The van der Waals surface area contributed by atoms with Crippen LogP contribution < -0.4 is 4.74 Å². The lowest BCUT2D eigenvalue weighted by atomic mass is 10.2. The van der Waals surface area contributed by atoms with Crippen molar-refractivity contribution in [1.82, 2.24) is 14.9 Å². The van der Waals surface area contributed by atoms with Crippen LogP contribution in [0.25, 0.3) is 11.4 Å². The molecule has 1 aromatic heterocycles. The third kappa shape index (κ3) is 4.38. The Morgan fingerprint density at radius 2 is 2.17 bits per heavy atom. The fourth-order valence-electron chi connectivity index (χ4n) is 1.68. The van der Waals surface area contributed by atoms with E-state index in [2.05, 4.69) is 10.1 Å². The van der Waals surface area contributed by atoms with E-state index in [0.29, 0.717) is 6.07 Å². The molecule has 0 amide bonds. The molecule has 0 radical (unpaired) electrons. The molecule has 1 N–H and O–H groups in total. The van der Waals surface area contributed by atoms with E-state index < -0.39 is 24.2 Å². The van der Waals surface area contributed by atoms with Gasteiger partial charge in [0, 0.05) is 6.07 Å². The zero-order valence-corrected chi connectivity index (χ0v) is 12.3. The van der Waals surface area contributed by atoms with Gasteiger partial charge in [-0.05, 0) is 18.6 Å². The molecule has 2 rings (SSSR count). The highest BCUT2D eigenvalue weighted by Gasteiger charge is 2.17. The molecule has 0 spiro atoms. The monoisotopic (exact) mass is 327 g/mol. The Morgan fingerprint density at radius 3 is 2.87 bits per heavy atom. The number of rotatable bonds is 7. The average molecular weight is 327 g/mol. The number of hydrogen-bond acceptors (Lipinski definition) is 6. The summed E-state index contributed by atoms with van der Waals surface area (Å²) in [6.45, 7) is 1.80. The minimum atomic E-state index is -0.918. The highest BCUT2D eigenvalue weighted by molar-refractivity contribution is 5.71. The summed E-state index contributed by atoms with van der Waals surface area (Å²) in [5.74, 6) is -2.57. The van der Waals surface area contributed by atoms with Crippen molar-refractivity contribution < 1.29 is 28.3 Å². The van der Waals surface area contributed by atoms with Crippen LogP contribution in [0, 0.1) is 11.6 Å². The van der Waals surface area contributed by atoms with Crippen LogP contribution in [0.2, 0.25) is 0 Å². The number of esters is 1. The van der Waals surface area contributed by atoms with Gasteiger partial charge in [-0.25, -0.2) is 13.6 Å². The van der Waals surface area contributed by atoms with Crippen LogP contribution in [0.15, 0.2) is 18.2 Å².